The summed E-state index contributed by atoms with van der Waals surface area (Å²) in [4.78, 5) is 0. The van der Waals surface area contributed by atoms with Crippen molar-refractivity contribution in [1.82, 2.24) is 0 Å². The zero-order valence-electron chi connectivity index (χ0n) is 9.74. The van der Waals surface area contributed by atoms with Gasteiger partial charge in [-0.25, -0.2) is 4.39 Å². The van der Waals surface area contributed by atoms with E-state index in [1.165, 1.54) is 13.2 Å². The summed E-state index contributed by atoms with van der Waals surface area (Å²) in [5.41, 5.74) is 6.22. The van der Waals surface area contributed by atoms with Gasteiger partial charge in [-0.3, -0.25) is 0 Å². The lowest BCUT2D eigenvalue weighted by atomic mass is 9.64. The fourth-order valence-corrected chi connectivity index (χ4v) is 2.25. The second-order valence-electron chi connectivity index (χ2n) is 4.49. The minimum absolute atomic E-state index is 0.195. The third-order valence-corrected chi connectivity index (χ3v) is 3.60. The van der Waals surface area contributed by atoms with Gasteiger partial charge in [0, 0.05) is 6.04 Å². The third kappa shape index (κ3) is 1.87. The van der Waals surface area contributed by atoms with Gasteiger partial charge in [0.15, 0.2) is 11.6 Å². The van der Waals surface area contributed by atoms with Crippen LogP contribution in [0.5, 0.6) is 5.75 Å². The molecule has 1 saturated carbocycles. The van der Waals surface area contributed by atoms with Crippen molar-refractivity contribution in [3.63, 3.8) is 0 Å². The van der Waals surface area contributed by atoms with Crippen LogP contribution in [0.25, 0.3) is 0 Å². The Hall–Kier alpha value is -1.60. The highest BCUT2D eigenvalue weighted by Crippen LogP contribution is 2.48. The molecule has 0 heterocycles. The number of hydrogen-bond acceptors (Lipinski definition) is 3. The molecule has 1 aliphatic carbocycles. The van der Waals surface area contributed by atoms with E-state index >= 15 is 0 Å². The van der Waals surface area contributed by atoms with Gasteiger partial charge in [0.25, 0.3) is 0 Å². The van der Waals surface area contributed by atoms with Gasteiger partial charge in [-0.1, -0.05) is 12.5 Å². The number of nitrogens with zero attached hydrogens (tertiary/aromatic N) is 1. The molecule has 0 bridgehead atoms. The molecule has 0 spiro atoms. The summed E-state index contributed by atoms with van der Waals surface area (Å²) < 4.78 is 18.4. The molecular weight excluding hydrogens is 219 g/mol. The maximum Gasteiger partial charge on any atom is 0.165 e. The normalized spacial score (nSPS) is 18.9. The Kier molecular flexibility index (Phi) is 3.03. The summed E-state index contributed by atoms with van der Waals surface area (Å²) in [7, 11) is 1.42. The average Bonchev–Trinajstić information content (AvgIpc) is 2.28. The van der Waals surface area contributed by atoms with Crippen LogP contribution < -0.4 is 10.5 Å². The van der Waals surface area contributed by atoms with E-state index in [2.05, 4.69) is 6.07 Å². The van der Waals surface area contributed by atoms with Crippen LogP contribution in [0.2, 0.25) is 0 Å². The van der Waals surface area contributed by atoms with Gasteiger partial charge < -0.3 is 10.5 Å². The monoisotopic (exact) mass is 234 g/mol. The first-order valence-corrected chi connectivity index (χ1v) is 5.63. The molecule has 1 aliphatic rings. The van der Waals surface area contributed by atoms with E-state index in [0.29, 0.717) is 5.56 Å². The van der Waals surface area contributed by atoms with Gasteiger partial charge in [-0.05, 0) is 30.5 Å². The quantitative estimate of drug-likeness (QED) is 0.874. The van der Waals surface area contributed by atoms with Crippen molar-refractivity contribution in [2.45, 2.75) is 25.3 Å². The number of hydrogen-bond donors (Lipinski definition) is 1. The van der Waals surface area contributed by atoms with Crippen molar-refractivity contribution in [2.75, 3.05) is 7.11 Å². The van der Waals surface area contributed by atoms with E-state index in [-0.39, 0.29) is 5.75 Å². The molecule has 0 aromatic heterocycles. The summed E-state index contributed by atoms with van der Waals surface area (Å²) in [6.45, 7) is 0. The summed E-state index contributed by atoms with van der Waals surface area (Å²) >= 11 is 0. The fraction of sp³-hybridized carbons (Fsp3) is 0.462. The molecule has 1 atom stereocenters. The Morgan fingerprint density at radius 1 is 1.53 bits per heavy atom. The van der Waals surface area contributed by atoms with Crippen LogP contribution in [-0.4, -0.2) is 7.11 Å². The number of ether oxygens (including phenoxy) is 1. The third-order valence-electron chi connectivity index (χ3n) is 3.60. The molecule has 0 amide bonds. The zero-order valence-corrected chi connectivity index (χ0v) is 9.74. The molecule has 1 aromatic carbocycles. The largest absolute Gasteiger partial charge is 0.494 e. The highest BCUT2D eigenvalue weighted by Gasteiger charge is 2.43. The van der Waals surface area contributed by atoms with Crippen LogP contribution in [0.15, 0.2) is 18.2 Å². The average molecular weight is 234 g/mol. The molecule has 1 aromatic rings. The number of methoxy groups -OCH3 is 1. The summed E-state index contributed by atoms with van der Waals surface area (Å²) in [6.07, 6.45) is 2.59. The van der Waals surface area contributed by atoms with Gasteiger partial charge >= 0.3 is 0 Å². The first kappa shape index (κ1) is 11.9. The first-order chi connectivity index (χ1) is 8.13. The zero-order chi connectivity index (χ0) is 12.5. The maximum atomic E-state index is 13.6. The highest BCUT2D eigenvalue weighted by molar-refractivity contribution is 5.33. The van der Waals surface area contributed by atoms with Crippen LogP contribution in [-0.2, 0) is 0 Å². The minimum atomic E-state index is -0.513. The lowest BCUT2D eigenvalue weighted by Crippen LogP contribution is -2.39. The van der Waals surface area contributed by atoms with E-state index in [0.717, 1.165) is 19.3 Å². The summed E-state index contributed by atoms with van der Waals surface area (Å²) in [5, 5.41) is 9.19. The highest BCUT2D eigenvalue weighted by atomic mass is 19.1. The molecule has 0 radical (unpaired) electrons. The molecule has 17 heavy (non-hydrogen) atoms. The van der Waals surface area contributed by atoms with Crippen LogP contribution in [0.4, 0.5) is 4.39 Å². The fourth-order valence-electron chi connectivity index (χ4n) is 2.25. The van der Waals surface area contributed by atoms with Crippen molar-refractivity contribution in [3.8, 4) is 11.8 Å². The van der Waals surface area contributed by atoms with Crippen LogP contribution >= 0.6 is 0 Å². The standard InChI is InChI=1S/C13H15FN2O/c1-17-11-4-3-9(7-10(11)14)12(16)13(8-15)5-2-6-13/h3-4,7,12H,2,5-6,16H2,1H3. The van der Waals surface area contributed by atoms with E-state index in [4.69, 9.17) is 10.5 Å². The van der Waals surface area contributed by atoms with Gasteiger partial charge in [0.2, 0.25) is 0 Å². The smallest absolute Gasteiger partial charge is 0.165 e. The lowest BCUT2D eigenvalue weighted by molar-refractivity contribution is 0.168. The molecule has 3 nitrogen and oxygen atoms in total. The molecule has 4 heteroatoms. The number of benzene rings is 1. The second-order valence-corrected chi connectivity index (χ2v) is 4.49. The summed E-state index contributed by atoms with van der Waals surface area (Å²) in [6, 6.07) is 6.49. The molecule has 0 aliphatic heterocycles. The summed E-state index contributed by atoms with van der Waals surface area (Å²) in [5.74, 6) is -0.242. The predicted octanol–water partition coefficient (Wildman–Crippen LogP) is 2.53. The Labute approximate surface area is 100.0 Å². The Balaban J connectivity index is 2.29. The van der Waals surface area contributed by atoms with Crippen molar-refractivity contribution in [2.24, 2.45) is 11.1 Å². The van der Waals surface area contributed by atoms with E-state index < -0.39 is 17.3 Å². The molecule has 2 N–H and O–H groups in total. The SMILES string of the molecule is COc1ccc(C(N)C2(C#N)CCC2)cc1F. The number of halogens is 1. The van der Waals surface area contributed by atoms with Gasteiger partial charge in [0.05, 0.1) is 18.6 Å². The number of nitriles is 1. The topological polar surface area (TPSA) is 59.0 Å². The minimum Gasteiger partial charge on any atom is -0.494 e. The first-order valence-electron chi connectivity index (χ1n) is 5.63. The van der Waals surface area contributed by atoms with Gasteiger partial charge in [-0.2, -0.15) is 5.26 Å². The molecule has 1 unspecified atom stereocenters. The van der Waals surface area contributed by atoms with Crippen LogP contribution in [0.3, 0.4) is 0 Å². The van der Waals surface area contributed by atoms with Crippen molar-refractivity contribution in [3.05, 3.63) is 29.6 Å². The molecule has 1 fully saturated rings. The molecular formula is C13H15FN2O. The molecule has 0 saturated heterocycles. The Morgan fingerprint density at radius 3 is 2.65 bits per heavy atom. The van der Waals surface area contributed by atoms with Gasteiger partial charge in [0.1, 0.15) is 0 Å². The predicted molar refractivity (Wildman–Crippen MR) is 61.8 cm³/mol. The number of nitrogens with two attached hydrogens (primary N) is 1. The second kappa shape index (κ2) is 4.34. The van der Waals surface area contributed by atoms with E-state index in [1.54, 1.807) is 12.1 Å². The van der Waals surface area contributed by atoms with Gasteiger partial charge in [-0.15, -0.1) is 0 Å². The van der Waals surface area contributed by atoms with Crippen LogP contribution in [0, 0.1) is 22.6 Å². The molecule has 2 rings (SSSR count). The maximum absolute atomic E-state index is 13.6. The lowest BCUT2D eigenvalue weighted by Gasteiger charge is -2.40. The Morgan fingerprint density at radius 2 is 2.24 bits per heavy atom. The molecule has 90 valence electrons. The van der Waals surface area contributed by atoms with E-state index in [9.17, 15) is 9.65 Å². The van der Waals surface area contributed by atoms with Crippen molar-refractivity contribution in [1.29, 1.82) is 5.26 Å². The number of rotatable bonds is 3. The Bertz CT molecular complexity index is 463. The van der Waals surface area contributed by atoms with E-state index in [1.807, 2.05) is 0 Å². The van der Waals surface area contributed by atoms with Crippen molar-refractivity contribution < 1.29 is 9.13 Å². The van der Waals surface area contributed by atoms with Crippen molar-refractivity contribution >= 4 is 0 Å². The van der Waals surface area contributed by atoms with Crippen LogP contribution in [0.1, 0.15) is 30.9 Å².